The molecule has 1 atom stereocenters. The smallest absolute Gasteiger partial charge is 0.309 e. The van der Waals surface area contributed by atoms with Crippen LogP contribution in [0.25, 0.3) is 0 Å². The number of allylic oxidation sites excluding steroid dienone is 6. The van der Waals surface area contributed by atoms with E-state index in [1.807, 2.05) is 0 Å². The summed E-state index contributed by atoms with van der Waals surface area (Å²) in [4.78, 5) is 17.8. The summed E-state index contributed by atoms with van der Waals surface area (Å²) in [6, 6.07) is 0. The predicted octanol–water partition coefficient (Wildman–Crippen LogP) is 6.17. The molecule has 182 valence electrons. The summed E-state index contributed by atoms with van der Waals surface area (Å²) in [7, 11) is 0. The number of piperazine rings is 1. The van der Waals surface area contributed by atoms with Gasteiger partial charge in [0.25, 0.3) is 0 Å². The highest BCUT2D eigenvalue weighted by Gasteiger charge is 2.22. The quantitative estimate of drug-likeness (QED) is 0.251. The Labute approximate surface area is 198 Å². The van der Waals surface area contributed by atoms with Crippen LogP contribution in [0.15, 0.2) is 46.6 Å². The summed E-state index contributed by atoms with van der Waals surface area (Å²) >= 11 is 0. The van der Waals surface area contributed by atoms with Gasteiger partial charge >= 0.3 is 5.97 Å². The maximum atomic E-state index is 12.8. The molecular formula is C28H48N2O2. The van der Waals surface area contributed by atoms with Crippen molar-refractivity contribution in [3.63, 3.8) is 0 Å². The van der Waals surface area contributed by atoms with Crippen molar-refractivity contribution in [2.75, 3.05) is 45.9 Å². The molecule has 1 rings (SSSR count). The molecule has 1 aliphatic rings. The van der Waals surface area contributed by atoms with Crippen molar-refractivity contribution in [2.45, 2.75) is 74.1 Å². The van der Waals surface area contributed by atoms with Crippen LogP contribution in [0, 0.1) is 5.92 Å². The van der Waals surface area contributed by atoms with Crippen molar-refractivity contribution in [2.24, 2.45) is 5.92 Å². The van der Waals surface area contributed by atoms with Crippen LogP contribution in [0.5, 0.6) is 0 Å². The summed E-state index contributed by atoms with van der Waals surface area (Å²) in [5.41, 5.74) is 5.26. The van der Waals surface area contributed by atoms with Crippen molar-refractivity contribution in [3.8, 4) is 0 Å². The van der Waals surface area contributed by atoms with Gasteiger partial charge in [-0.25, -0.2) is 0 Å². The van der Waals surface area contributed by atoms with Crippen molar-refractivity contribution < 1.29 is 9.53 Å². The van der Waals surface area contributed by atoms with Crippen molar-refractivity contribution in [3.05, 3.63) is 46.6 Å². The second kappa shape index (κ2) is 16.0. The molecule has 0 aromatic rings. The van der Waals surface area contributed by atoms with Crippen LogP contribution in [-0.4, -0.2) is 61.6 Å². The fraction of sp³-hybridized carbons (Fsp3) is 0.679. The van der Waals surface area contributed by atoms with E-state index >= 15 is 0 Å². The van der Waals surface area contributed by atoms with Crippen LogP contribution in [0.4, 0.5) is 0 Å². The number of esters is 1. The topological polar surface area (TPSA) is 32.8 Å². The molecule has 0 radical (unpaired) electrons. The number of carbonyl (C=O) groups excluding carboxylic acids is 1. The van der Waals surface area contributed by atoms with E-state index in [1.54, 1.807) is 0 Å². The maximum absolute atomic E-state index is 12.8. The molecule has 1 unspecified atom stereocenters. The monoisotopic (exact) mass is 444 g/mol. The molecule has 0 aromatic heterocycles. The van der Waals surface area contributed by atoms with Gasteiger partial charge in [-0.15, -0.1) is 0 Å². The van der Waals surface area contributed by atoms with E-state index in [0.29, 0.717) is 6.61 Å². The van der Waals surface area contributed by atoms with Gasteiger partial charge in [0, 0.05) is 32.7 Å². The Morgan fingerprint density at radius 3 is 2.00 bits per heavy atom. The molecule has 0 amide bonds. The van der Waals surface area contributed by atoms with Crippen molar-refractivity contribution >= 4 is 5.97 Å². The Bertz CT molecular complexity index is 668. The molecule has 4 heteroatoms. The van der Waals surface area contributed by atoms with E-state index in [-0.39, 0.29) is 11.9 Å². The molecule has 1 aliphatic heterocycles. The third kappa shape index (κ3) is 13.7. The second-order valence-corrected chi connectivity index (χ2v) is 9.93. The summed E-state index contributed by atoms with van der Waals surface area (Å²) in [6.07, 6.45) is 12.5. The minimum atomic E-state index is -0.0621. The lowest BCUT2D eigenvalue weighted by Crippen LogP contribution is -2.46. The summed E-state index contributed by atoms with van der Waals surface area (Å²) in [5, 5.41) is 0. The number of ether oxygens (including phenoxy) is 1. The Balaban J connectivity index is 2.48. The van der Waals surface area contributed by atoms with Crippen molar-refractivity contribution in [1.82, 2.24) is 9.80 Å². The van der Waals surface area contributed by atoms with E-state index in [0.717, 1.165) is 65.0 Å². The van der Waals surface area contributed by atoms with Gasteiger partial charge in [-0.2, -0.15) is 0 Å². The molecule has 0 saturated carbocycles. The Kier molecular flexibility index (Phi) is 14.2. The van der Waals surface area contributed by atoms with Crippen LogP contribution in [-0.2, 0) is 9.53 Å². The molecule has 4 nitrogen and oxygen atoms in total. The van der Waals surface area contributed by atoms with Crippen LogP contribution in [0.2, 0.25) is 0 Å². The zero-order valence-electron chi connectivity index (χ0n) is 21.9. The fourth-order valence-corrected chi connectivity index (χ4v) is 3.63. The number of rotatable bonds is 13. The highest BCUT2D eigenvalue weighted by atomic mass is 16.5. The standard InChI is InChI=1S/C28H48N2O2/c1-23(2)9-8-10-26(7)15-22-32-28(31)27(12-11-24(3)4)14-17-30-20-18-29(19-21-30)16-13-25(5)6/h9,11,13,15,27H,8,10,12,14,16-22H2,1-7H3/b26-15+. The lowest BCUT2D eigenvalue weighted by atomic mass is 9.99. The lowest BCUT2D eigenvalue weighted by molar-refractivity contribution is -0.147. The fourth-order valence-electron chi connectivity index (χ4n) is 3.63. The first-order valence-electron chi connectivity index (χ1n) is 12.3. The summed E-state index contributed by atoms with van der Waals surface area (Å²) in [5.74, 6) is -0.119. The molecule has 0 aliphatic carbocycles. The Morgan fingerprint density at radius 2 is 1.41 bits per heavy atom. The van der Waals surface area contributed by atoms with E-state index in [2.05, 4.69) is 82.6 Å². The summed E-state index contributed by atoms with van der Waals surface area (Å²) < 4.78 is 5.65. The van der Waals surface area contributed by atoms with Gasteiger partial charge in [0.15, 0.2) is 0 Å². The van der Waals surface area contributed by atoms with Crippen LogP contribution in [0.3, 0.4) is 0 Å². The molecule has 32 heavy (non-hydrogen) atoms. The van der Waals surface area contributed by atoms with Gasteiger partial charge in [-0.1, -0.05) is 40.5 Å². The zero-order valence-corrected chi connectivity index (χ0v) is 21.9. The minimum absolute atomic E-state index is 0.0574. The zero-order chi connectivity index (χ0) is 23.9. The molecule has 1 heterocycles. The minimum Gasteiger partial charge on any atom is -0.461 e. The Hall–Kier alpha value is -1.65. The molecular weight excluding hydrogens is 396 g/mol. The third-order valence-corrected chi connectivity index (χ3v) is 5.91. The van der Waals surface area contributed by atoms with Crippen molar-refractivity contribution in [1.29, 1.82) is 0 Å². The largest absolute Gasteiger partial charge is 0.461 e. The molecule has 0 N–H and O–H groups in total. The second-order valence-electron chi connectivity index (χ2n) is 9.93. The molecule has 0 spiro atoms. The van der Waals surface area contributed by atoms with E-state index in [1.165, 1.54) is 22.3 Å². The SMILES string of the molecule is CC(C)=CCC/C(C)=C/COC(=O)C(CC=C(C)C)CCN1CCN(CC=C(C)C)CC1. The van der Waals surface area contributed by atoms with Gasteiger partial charge in [0.1, 0.15) is 6.61 Å². The first-order valence-corrected chi connectivity index (χ1v) is 12.3. The molecule has 0 bridgehead atoms. The maximum Gasteiger partial charge on any atom is 0.309 e. The van der Waals surface area contributed by atoms with Crippen LogP contribution >= 0.6 is 0 Å². The first kappa shape index (κ1) is 28.4. The van der Waals surface area contributed by atoms with Gasteiger partial charge in [-0.3, -0.25) is 9.69 Å². The van der Waals surface area contributed by atoms with E-state index < -0.39 is 0 Å². The highest BCUT2D eigenvalue weighted by molar-refractivity contribution is 5.72. The number of hydrogen-bond donors (Lipinski definition) is 0. The average molecular weight is 445 g/mol. The number of nitrogens with zero attached hydrogens (tertiary/aromatic N) is 2. The van der Waals surface area contributed by atoms with Gasteiger partial charge in [0.05, 0.1) is 5.92 Å². The van der Waals surface area contributed by atoms with E-state index in [4.69, 9.17) is 4.74 Å². The average Bonchev–Trinajstić information content (AvgIpc) is 2.72. The first-order chi connectivity index (χ1) is 15.2. The lowest BCUT2D eigenvalue weighted by Gasteiger charge is -2.34. The Morgan fingerprint density at radius 1 is 0.812 bits per heavy atom. The van der Waals surface area contributed by atoms with E-state index in [9.17, 15) is 4.79 Å². The molecule has 0 aromatic carbocycles. The van der Waals surface area contributed by atoms with Crippen LogP contribution < -0.4 is 0 Å². The normalized spacial score (nSPS) is 16.3. The highest BCUT2D eigenvalue weighted by Crippen LogP contribution is 2.16. The van der Waals surface area contributed by atoms with Gasteiger partial charge in [0.2, 0.25) is 0 Å². The number of carbonyl (C=O) groups is 1. The molecule has 1 fully saturated rings. The van der Waals surface area contributed by atoms with Gasteiger partial charge in [-0.05, 0) is 86.8 Å². The molecule has 1 saturated heterocycles. The predicted molar refractivity (Wildman–Crippen MR) is 138 cm³/mol. The van der Waals surface area contributed by atoms with Crippen LogP contribution in [0.1, 0.15) is 74.1 Å². The third-order valence-electron chi connectivity index (χ3n) is 5.91. The summed E-state index contributed by atoms with van der Waals surface area (Å²) in [6.45, 7) is 21.6. The van der Waals surface area contributed by atoms with Gasteiger partial charge < -0.3 is 9.64 Å². The number of hydrogen-bond acceptors (Lipinski definition) is 4.